The maximum atomic E-state index is 15.1. The summed E-state index contributed by atoms with van der Waals surface area (Å²) in [5, 5.41) is 3.24. The molecule has 0 radical (unpaired) electrons. The number of alkyl halides is 1. The fourth-order valence-electron chi connectivity index (χ4n) is 5.67. The molecular weight excluding hydrogens is 518 g/mol. The van der Waals surface area contributed by atoms with Crippen LogP contribution in [-0.2, 0) is 4.74 Å². The molecule has 3 saturated heterocycles. The highest BCUT2D eigenvalue weighted by molar-refractivity contribution is 6.30. The van der Waals surface area contributed by atoms with Crippen LogP contribution in [-0.4, -0.2) is 82.6 Å². The molecule has 12 heteroatoms. The molecule has 208 valence electrons. The minimum Gasteiger partial charge on any atom is -0.463 e. The molecule has 5 heterocycles. The summed E-state index contributed by atoms with van der Waals surface area (Å²) in [7, 11) is 0. The van der Waals surface area contributed by atoms with Crippen LogP contribution in [0, 0.1) is 11.7 Å². The standard InChI is InChI=1S/C26H35ClF2N6O3/c1-26(2,3)38-25(36)35-17-6-7-18(35)13-34(12-17)23-19-11-31-22(27)20(29)21(19)32-24(33-23)37-14-15-5-4-8-30-10-16(28)9-15/h11,15-18,30H,4-10,12-14H2,1-3H3/t15-,16-,17?,18?/m1/s1. The lowest BCUT2D eigenvalue weighted by Crippen LogP contribution is -2.57. The van der Waals surface area contributed by atoms with Crippen LogP contribution in [0.25, 0.3) is 10.9 Å². The summed E-state index contributed by atoms with van der Waals surface area (Å²) in [6.07, 6.45) is 4.00. The number of hydrogen-bond donors (Lipinski definition) is 1. The molecule has 1 N–H and O–H groups in total. The first-order valence-electron chi connectivity index (χ1n) is 13.3. The molecule has 2 bridgehead atoms. The van der Waals surface area contributed by atoms with E-state index in [1.165, 1.54) is 6.20 Å². The smallest absolute Gasteiger partial charge is 0.410 e. The van der Waals surface area contributed by atoms with Crippen molar-refractivity contribution in [1.29, 1.82) is 0 Å². The van der Waals surface area contributed by atoms with E-state index in [2.05, 4.69) is 20.3 Å². The van der Waals surface area contributed by atoms with E-state index in [9.17, 15) is 9.18 Å². The fourth-order valence-corrected chi connectivity index (χ4v) is 5.81. The Bertz CT molecular complexity index is 1170. The molecule has 2 aromatic rings. The van der Waals surface area contributed by atoms with Crippen molar-refractivity contribution in [2.45, 2.75) is 76.7 Å². The summed E-state index contributed by atoms with van der Waals surface area (Å²) in [4.78, 5) is 29.7. The quantitative estimate of drug-likeness (QED) is 0.554. The predicted molar refractivity (Wildman–Crippen MR) is 140 cm³/mol. The maximum absolute atomic E-state index is 15.1. The number of carbonyl (C=O) groups excluding carboxylic acids is 1. The van der Waals surface area contributed by atoms with Crippen LogP contribution < -0.4 is 15.0 Å². The van der Waals surface area contributed by atoms with Crippen LogP contribution >= 0.6 is 11.6 Å². The number of fused-ring (bicyclic) bond motifs is 3. The van der Waals surface area contributed by atoms with Gasteiger partial charge in [-0.2, -0.15) is 9.97 Å². The van der Waals surface area contributed by atoms with Crippen LogP contribution in [0.5, 0.6) is 6.01 Å². The van der Waals surface area contributed by atoms with Crippen LogP contribution in [0.15, 0.2) is 6.20 Å². The Morgan fingerprint density at radius 3 is 2.66 bits per heavy atom. The molecule has 3 aliphatic heterocycles. The van der Waals surface area contributed by atoms with Gasteiger partial charge in [-0.05, 0) is 65.3 Å². The Morgan fingerprint density at radius 2 is 1.95 bits per heavy atom. The van der Waals surface area contributed by atoms with E-state index in [4.69, 9.17) is 21.1 Å². The second kappa shape index (κ2) is 10.9. The molecule has 4 atom stereocenters. The van der Waals surface area contributed by atoms with Crippen molar-refractivity contribution in [3.8, 4) is 6.01 Å². The number of halogens is 3. The lowest BCUT2D eigenvalue weighted by atomic mass is 9.96. The number of rotatable bonds is 4. The van der Waals surface area contributed by atoms with E-state index < -0.39 is 17.6 Å². The van der Waals surface area contributed by atoms with Crippen molar-refractivity contribution in [3.05, 3.63) is 17.2 Å². The first-order chi connectivity index (χ1) is 18.1. The molecule has 2 aromatic heterocycles. The number of piperazine rings is 1. The summed E-state index contributed by atoms with van der Waals surface area (Å²) in [6.45, 7) is 7.91. The van der Waals surface area contributed by atoms with Gasteiger partial charge >= 0.3 is 12.1 Å². The van der Waals surface area contributed by atoms with Crippen molar-refractivity contribution >= 4 is 34.4 Å². The van der Waals surface area contributed by atoms with Crippen molar-refractivity contribution in [3.63, 3.8) is 0 Å². The van der Waals surface area contributed by atoms with Crippen LogP contribution in [0.2, 0.25) is 5.15 Å². The Kier molecular flexibility index (Phi) is 7.77. The SMILES string of the molecule is CC(C)(C)OC(=O)N1C2CCC1CN(c1nc(OC[C@@H]3CCCNC[C@H](F)C3)nc3c(F)c(Cl)ncc13)C2. The maximum Gasteiger partial charge on any atom is 0.410 e. The third-order valence-electron chi connectivity index (χ3n) is 7.36. The molecule has 9 nitrogen and oxygen atoms in total. The number of aromatic nitrogens is 3. The zero-order valence-electron chi connectivity index (χ0n) is 22.1. The topological polar surface area (TPSA) is 92.7 Å². The molecule has 3 aliphatic rings. The van der Waals surface area contributed by atoms with Gasteiger partial charge in [-0.15, -0.1) is 0 Å². The number of ether oxygens (including phenoxy) is 2. The van der Waals surface area contributed by atoms with Gasteiger partial charge in [0.05, 0.1) is 24.1 Å². The molecular formula is C26H35ClF2N6O3. The number of hydrogen-bond acceptors (Lipinski definition) is 8. The molecule has 5 rings (SSSR count). The van der Waals surface area contributed by atoms with E-state index in [0.717, 1.165) is 32.2 Å². The number of carbonyl (C=O) groups is 1. The zero-order chi connectivity index (χ0) is 27.0. The summed E-state index contributed by atoms with van der Waals surface area (Å²) in [5.74, 6) is -0.248. The Hall–Kier alpha value is -2.53. The van der Waals surface area contributed by atoms with Crippen molar-refractivity contribution in [2.24, 2.45) is 5.92 Å². The van der Waals surface area contributed by atoms with Gasteiger partial charge in [-0.1, -0.05) is 11.6 Å². The van der Waals surface area contributed by atoms with Gasteiger partial charge in [0.2, 0.25) is 0 Å². The lowest BCUT2D eigenvalue weighted by Gasteiger charge is -2.42. The van der Waals surface area contributed by atoms with Crippen LogP contribution in [0.4, 0.5) is 19.4 Å². The van der Waals surface area contributed by atoms with E-state index in [1.807, 2.05) is 30.6 Å². The first kappa shape index (κ1) is 27.1. The van der Waals surface area contributed by atoms with Gasteiger partial charge in [-0.3, -0.25) is 4.90 Å². The minimum atomic E-state index is -0.948. The van der Waals surface area contributed by atoms with Gasteiger partial charge in [0.25, 0.3) is 0 Å². The second-order valence-electron chi connectivity index (χ2n) is 11.5. The summed E-state index contributed by atoms with van der Waals surface area (Å²) in [5.41, 5.74) is -0.558. The predicted octanol–water partition coefficient (Wildman–Crippen LogP) is 4.51. The summed E-state index contributed by atoms with van der Waals surface area (Å²) in [6, 6.07) is -0.104. The molecule has 0 aliphatic carbocycles. The minimum absolute atomic E-state index is 0.00828. The van der Waals surface area contributed by atoms with Crippen LogP contribution in [0.3, 0.4) is 0 Å². The van der Waals surface area contributed by atoms with Gasteiger partial charge in [-0.25, -0.2) is 18.6 Å². The molecule has 0 aromatic carbocycles. The third-order valence-corrected chi connectivity index (χ3v) is 7.62. The average molecular weight is 553 g/mol. The monoisotopic (exact) mass is 552 g/mol. The van der Waals surface area contributed by atoms with E-state index in [0.29, 0.717) is 37.3 Å². The number of nitrogens with one attached hydrogen (secondary N) is 1. The lowest BCUT2D eigenvalue weighted by molar-refractivity contribution is 0.0123. The molecule has 1 amide bonds. The Labute approximate surface area is 226 Å². The molecule has 0 saturated carbocycles. The number of amides is 1. The van der Waals surface area contributed by atoms with Gasteiger partial charge in [0, 0.05) is 25.8 Å². The van der Waals surface area contributed by atoms with Crippen LogP contribution in [0.1, 0.15) is 52.9 Å². The normalized spacial score (nSPS) is 26.3. The summed E-state index contributed by atoms with van der Waals surface area (Å²) >= 11 is 5.98. The van der Waals surface area contributed by atoms with Crippen molar-refractivity contribution in [1.82, 2.24) is 25.2 Å². The van der Waals surface area contributed by atoms with Gasteiger partial charge in [0.1, 0.15) is 23.1 Å². The van der Waals surface area contributed by atoms with Gasteiger partial charge < -0.3 is 19.7 Å². The third kappa shape index (κ3) is 5.88. The zero-order valence-corrected chi connectivity index (χ0v) is 22.8. The Balaban J connectivity index is 1.40. The Morgan fingerprint density at radius 1 is 1.21 bits per heavy atom. The van der Waals surface area contributed by atoms with Crippen molar-refractivity contribution < 1.29 is 23.0 Å². The molecule has 2 unspecified atom stereocenters. The summed E-state index contributed by atoms with van der Waals surface area (Å²) < 4.78 is 40.9. The van der Waals surface area contributed by atoms with E-state index in [-0.39, 0.29) is 47.4 Å². The highest BCUT2D eigenvalue weighted by Crippen LogP contribution is 2.37. The number of nitrogens with zero attached hydrogens (tertiary/aromatic N) is 5. The molecule has 3 fully saturated rings. The van der Waals surface area contributed by atoms with Crippen molar-refractivity contribution in [2.75, 3.05) is 37.7 Å². The average Bonchev–Trinajstić information content (AvgIpc) is 3.11. The largest absolute Gasteiger partial charge is 0.463 e. The highest BCUT2D eigenvalue weighted by Gasteiger charge is 2.45. The first-order valence-corrected chi connectivity index (χ1v) is 13.7. The second-order valence-corrected chi connectivity index (χ2v) is 11.8. The number of anilines is 1. The fraction of sp³-hybridized carbons (Fsp3) is 0.692. The van der Waals surface area contributed by atoms with Gasteiger partial charge in [0.15, 0.2) is 11.0 Å². The van der Waals surface area contributed by atoms with E-state index in [1.54, 1.807) is 0 Å². The van der Waals surface area contributed by atoms with E-state index >= 15 is 4.39 Å². The molecule has 38 heavy (non-hydrogen) atoms. The molecule has 0 spiro atoms. The highest BCUT2D eigenvalue weighted by atomic mass is 35.5. The number of pyridine rings is 1.